The van der Waals surface area contributed by atoms with Crippen LogP contribution in [0.4, 0.5) is 11.8 Å². The van der Waals surface area contributed by atoms with Gasteiger partial charge in [-0.25, -0.2) is 4.98 Å². The summed E-state index contributed by atoms with van der Waals surface area (Å²) in [6.45, 7) is 5.74. The van der Waals surface area contributed by atoms with Crippen molar-refractivity contribution in [2.45, 2.75) is 19.9 Å². The van der Waals surface area contributed by atoms with Crippen molar-refractivity contribution in [3.8, 4) is 0 Å². The highest BCUT2D eigenvalue weighted by Gasteiger charge is 2.17. The van der Waals surface area contributed by atoms with Crippen LogP contribution in [-0.2, 0) is 4.74 Å². The predicted octanol–water partition coefficient (Wildman–Crippen LogP) is 2.14. The van der Waals surface area contributed by atoms with Gasteiger partial charge in [0.15, 0.2) is 0 Å². The van der Waals surface area contributed by atoms with Gasteiger partial charge in [0, 0.05) is 26.9 Å². The van der Waals surface area contributed by atoms with Gasteiger partial charge in [-0.1, -0.05) is 0 Å². The second-order valence-electron chi connectivity index (χ2n) is 3.71. The standard InChI is InChI=1S/C11H19BrN4O/c1-5-16(8(2)7-17-4)10-9(12)6-14-11(13-3)15-10/h6,8H,5,7H2,1-4H3,(H,13,14,15). The Labute approximate surface area is 111 Å². The molecular weight excluding hydrogens is 284 g/mol. The van der Waals surface area contributed by atoms with Gasteiger partial charge in [-0.05, 0) is 29.8 Å². The minimum absolute atomic E-state index is 0.265. The van der Waals surface area contributed by atoms with Crippen LogP contribution in [0.1, 0.15) is 13.8 Å². The lowest BCUT2D eigenvalue weighted by Gasteiger charge is -2.29. The number of aromatic nitrogens is 2. The second kappa shape index (κ2) is 6.76. The molecule has 1 aromatic heterocycles. The van der Waals surface area contributed by atoms with Crippen LogP contribution in [0.15, 0.2) is 10.7 Å². The van der Waals surface area contributed by atoms with E-state index in [0.29, 0.717) is 12.6 Å². The summed E-state index contributed by atoms with van der Waals surface area (Å²) in [5.41, 5.74) is 0. The molecule has 1 N–H and O–H groups in total. The molecule has 1 atom stereocenters. The number of ether oxygens (including phenoxy) is 1. The molecule has 96 valence electrons. The zero-order valence-electron chi connectivity index (χ0n) is 10.7. The monoisotopic (exact) mass is 302 g/mol. The molecular formula is C11H19BrN4O. The summed E-state index contributed by atoms with van der Waals surface area (Å²) in [5, 5.41) is 2.94. The van der Waals surface area contributed by atoms with Crippen LogP contribution < -0.4 is 10.2 Å². The first-order valence-corrected chi connectivity index (χ1v) is 6.39. The van der Waals surface area contributed by atoms with Gasteiger partial charge in [0.1, 0.15) is 5.82 Å². The largest absolute Gasteiger partial charge is 0.383 e. The fourth-order valence-electron chi connectivity index (χ4n) is 1.68. The van der Waals surface area contributed by atoms with Crippen LogP contribution >= 0.6 is 15.9 Å². The van der Waals surface area contributed by atoms with Crippen molar-refractivity contribution < 1.29 is 4.74 Å². The lowest BCUT2D eigenvalue weighted by Crippen LogP contribution is -2.37. The normalized spacial score (nSPS) is 12.3. The van der Waals surface area contributed by atoms with Gasteiger partial charge in [0.2, 0.25) is 5.95 Å². The maximum Gasteiger partial charge on any atom is 0.224 e. The molecule has 6 heteroatoms. The first-order chi connectivity index (χ1) is 8.13. The highest BCUT2D eigenvalue weighted by molar-refractivity contribution is 9.10. The fourth-order valence-corrected chi connectivity index (χ4v) is 2.10. The summed E-state index contributed by atoms with van der Waals surface area (Å²) < 4.78 is 6.08. The lowest BCUT2D eigenvalue weighted by atomic mass is 10.3. The van der Waals surface area contributed by atoms with Crippen molar-refractivity contribution in [3.05, 3.63) is 10.7 Å². The van der Waals surface area contributed by atoms with Crippen LogP contribution in [0.3, 0.4) is 0 Å². The summed E-state index contributed by atoms with van der Waals surface area (Å²) in [6, 6.07) is 0.265. The zero-order valence-corrected chi connectivity index (χ0v) is 12.3. The van der Waals surface area contributed by atoms with E-state index in [9.17, 15) is 0 Å². The molecule has 0 aliphatic carbocycles. The maximum absolute atomic E-state index is 5.19. The zero-order chi connectivity index (χ0) is 12.8. The molecule has 0 aromatic carbocycles. The van der Waals surface area contributed by atoms with Crippen LogP contribution in [0.5, 0.6) is 0 Å². The summed E-state index contributed by atoms with van der Waals surface area (Å²) in [7, 11) is 3.51. The number of hydrogen-bond acceptors (Lipinski definition) is 5. The Morgan fingerprint density at radius 3 is 2.82 bits per heavy atom. The number of rotatable bonds is 6. The van der Waals surface area contributed by atoms with Gasteiger partial charge in [-0.2, -0.15) is 4.98 Å². The van der Waals surface area contributed by atoms with E-state index in [1.807, 2.05) is 7.05 Å². The Morgan fingerprint density at radius 2 is 2.29 bits per heavy atom. The number of hydrogen-bond donors (Lipinski definition) is 1. The molecule has 17 heavy (non-hydrogen) atoms. The SMILES string of the molecule is CCN(c1nc(NC)ncc1Br)C(C)COC. The van der Waals surface area contributed by atoms with E-state index in [-0.39, 0.29) is 6.04 Å². The molecule has 0 saturated carbocycles. The van der Waals surface area contributed by atoms with Crippen molar-refractivity contribution >= 4 is 27.7 Å². The van der Waals surface area contributed by atoms with E-state index in [1.54, 1.807) is 13.3 Å². The Balaban J connectivity index is 3.01. The van der Waals surface area contributed by atoms with Crippen molar-refractivity contribution in [3.63, 3.8) is 0 Å². The molecule has 1 aromatic rings. The summed E-state index contributed by atoms with van der Waals surface area (Å²) in [5.74, 6) is 1.50. The summed E-state index contributed by atoms with van der Waals surface area (Å²) in [6.07, 6.45) is 1.76. The minimum Gasteiger partial charge on any atom is -0.383 e. The van der Waals surface area contributed by atoms with Crippen LogP contribution in [0, 0.1) is 0 Å². The number of nitrogens with one attached hydrogen (secondary N) is 1. The third-order valence-electron chi connectivity index (χ3n) is 2.50. The van der Waals surface area contributed by atoms with Gasteiger partial charge in [-0.3, -0.25) is 0 Å². The minimum atomic E-state index is 0.265. The predicted molar refractivity (Wildman–Crippen MR) is 73.6 cm³/mol. The Kier molecular flexibility index (Phi) is 5.64. The molecule has 0 saturated heterocycles. The van der Waals surface area contributed by atoms with E-state index in [1.165, 1.54) is 0 Å². The van der Waals surface area contributed by atoms with Crippen LogP contribution in [0.25, 0.3) is 0 Å². The van der Waals surface area contributed by atoms with E-state index in [4.69, 9.17) is 4.74 Å². The smallest absolute Gasteiger partial charge is 0.224 e. The number of halogens is 1. The topological polar surface area (TPSA) is 50.3 Å². The molecule has 0 radical (unpaired) electrons. The third-order valence-corrected chi connectivity index (χ3v) is 3.06. The van der Waals surface area contributed by atoms with Gasteiger partial charge in [-0.15, -0.1) is 0 Å². The molecule has 0 fully saturated rings. The van der Waals surface area contributed by atoms with E-state index in [2.05, 4.69) is 50.0 Å². The quantitative estimate of drug-likeness (QED) is 0.872. The Morgan fingerprint density at radius 1 is 1.59 bits per heavy atom. The van der Waals surface area contributed by atoms with Crippen molar-refractivity contribution in [2.75, 3.05) is 37.5 Å². The van der Waals surface area contributed by atoms with Crippen molar-refractivity contribution in [1.82, 2.24) is 9.97 Å². The molecule has 5 nitrogen and oxygen atoms in total. The second-order valence-corrected chi connectivity index (χ2v) is 4.56. The molecule has 0 amide bonds. The number of nitrogens with zero attached hydrogens (tertiary/aromatic N) is 3. The molecule has 0 aliphatic heterocycles. The average Bonchev–Trinajstić information content (AvgIpc) is 2.33. The van der Waals surface area contributed by atoms with Crippen LogP contribution in [0.2, 0.25) is 0 Å². The van der Waals surface area contributed by atoms with Crippen molar-refractivity contribution in [2.24, 2.45) is 0 Å². The average molecular weight is 303 g/mol. The van der Waals surface area contributed by atoms with Crippen LogP contribution in [-0.4, -0.2) is 43.3 Å². The first-order valence-electron chi connectivity index (χ1n) is 5.59. The fraction of sp³-hybridized carbons (Fsp3) is 0.636. The number of anilines is 2. The molecule has 0 aliphatic rings. The van der Waals surface area contributed by atoms with E-state index < -0.39 is 0 Å². The highest BCUT2D eigenvalue weighted by atomic mass is 79.9. The van der Waals surface area contributed by atoms with Crippen molar-refractivity contribution in [1.29, 1.82) is 0 Å². The summed E-state index contributed by atoms with van der Waals surface area (Å²) in [4.78, 5) is 10.8. The molecule has 0 spiro atoms. The molecule has 0 bridgehead atoms. The third kappa shape index (κ3) is 3.54. The summed E-state index contributed by atoms with van der Waals surface area (Å²) >= 11 is 3.49. The Hall–Kier alpha value is -0.880. The highest BCUT2D eigenvalue weighted by Crippen LogP contribution is 2.25. The Bertz CT molecular complexity index is 361. The maximum atomic E-state index is 5.19. The molecule has 1 rings (SSSR count). The van der Waals surface area contributed by atoms with Gasteiger partial charge in [0.25, 0.3) is 0 Å². The lowest BCUT2D eigenvalue weighted by molar-refractivity contribution is 0.181. The number of methoxy groups -OCH3 is 1. The first kappa shape index (κ1) is 14.2. The molecule has 1 heterocycles. The molecule has 1 unspecified atom stereocenters. The van der Waals surface area contributed by atoms with E-state index >= 15 is 0 Å². The van der Waals surface area contributed by atoms with E-state index in [0.717, 1.165) is 16.8 Å². The van der Waals surface area contributed by atoms with Gasteiger partial charge >= 0.3 is 0 Å². The van der Waals surface area contributed by atoms with Gasteiger partial charge in [0.05, 0.1) is 17.1 Å². The van der Waals surface area contributed by atoms with Gasteiger partial charge < -0.3 is 15.0 Å². The number of likely N-dealkylation sites (N-methyl/N-ethyl adjacent to an activating group) is 1.